The van der Waals surface area contributed by atoms with Gasteiger partial charge in [0.2, 0.25) is 0 Å². The molecule has 0 aromatic heterocycles. The molecule has 1 saturated carbocycles. The highest BCUT2D eigenvalue weighted by atomic mass is 29.9. The topological polar surface area (TPSA) is 21.6 Å². The Morgan fingerprint density at radius 1 is 0.806 bits per heavy atom. The van der Waals surface area contributed by atoms with Gasteiger partial charge in [-0.05, 0) is 49.7 Å². The standard InChI is InChI=1S/C25H46NOSi4/c1-28(2,3)31(29(4,5)6,30(7,8)9)22-24-19-15-10-11-16-20-25(24)26-27-21-23-17-13-12-14-18-23/h11-14,17-18,22H,10,15-16,19-21H2,1-9H3/b24-22+,26-25+. The average Bonchev–Trinajstić information content (AvgIpc) is 2.60. The summed E-state index contributed by atoms with van der Waals surface area (Å²) in [5.41, 5.74) is 6.91. The van der Waals surface area contributed by atoms with Gasteiger partial charge in [-0.25, -0.2) is 0 Å². The van der Waals surface area contributed by atoms with Crippen LogP contribution in [0.2, 0.25) is 58.9 Å². The molecule has 0 heterocycles. The molecule has 173 valence electrons. The van der Waals surface area contributed by atoms with Crippen LogP contribution in [0.1, 0.15) is 37.7 Å². The molecule has 2 rings (SSSR count). The third-order valence-corrected chi connectivity index (χ3v) is 78.0. The Balaban J connectivity index is 2.52. The Hall–Kier alpha value is -0.702. The van der Waals surface area contributed by atoms with Crippen molar-refractivity contribution in [1.29, 1.82) is 0 Å². The molecular formula is C25H46NOSi4. The maximum atomic E-state index is 5.94. The minimum Gasteiger partial charge on any atom is -0.391 e. The van der Waals surface area contributed by atoms with Crippen molar-refractivity contribution in [3.63, 3.8) is 0 Å². The van der Waals surface area contributed by atoms with Gasteiger partial charge in [-0.2, -0.15) is 0 Å². The molecule has 0 saturated heterocycles. The lowest BCUT2D eigenvalue weighted by atomic mass is 9.96. The number of benzene rings is 1. The third-order valence-electron chi connectivity index (χ3n) is 7.00. The smallest absolute Gasteiger partial charge is 0.142 e. The first kappa shape index (κ1) is 26.5. The lowest BCUT2D eigenvalue weighted by Gasteiger charge is -2.56. The first-order valence-electron chi connectivity index (χ1n) is 12.1. The van der Waals surface area contributed by atoms with E-state index in [1.807, 2.05) is 6.07 Å². The fraction of sp³-hybridized carbons (Fsp3) is 0.600. The predicted molar refractivity (Wildman–Crippen MR) is 150 cm³/mol. The second kappa shape index (κ2) is 10.5. The van der Waals surface area contributed by atoms with Crippen LogP contribution in [0.15, 0.2) is 46.8 Å². The van der Waals surface area contributed by atoms with E-state index in [0.29, 0.717) is 6.61 Å². The lowest BCUT2D eigenvalue weighted by Crippen LogP contribution is -2.82. The molecule has 1 aromatic rings. The van der Waals surface area contributed by atoms with E-state index in [-0.39, 0.29) is 0 Å². The number of rotatable bonds is 7. The average molecular weight is 489 g/mol. The number of hydrogen-bond donors (Lipinski definition) is 0. The summed E-state index contributed by atoms with van der Waals surface area (Å²) in [4.78, 5) is 5.94. The molecule has 0 N–H and O–H groups in total. The van der Waals surface area contributed by atoms with Gasteiger partial charge >= 0.3 is 0 Å². The van der Waals surface area contributed by atoms with Crippen LogP contribution >= 0.6 is 0 Å². The van der Waals surface area contributed by atoms with E-state index < -0.39 is 29.4 Å². The molecule has 2 nitrogen and oxygen atoms in total. The van der Waals surface area contributed by atoms with Crippen LogP contribution in [0.5, 0.6) is 0 Å². The molecular weight excluding hydrogens is 443 g/mol. The van der Waals surface area contributed by atoms with Gasteiger partial charge in [0.1, 0.15) is 6.61 Å². The maximum Gasteiger partial charge on any atom is 0.142 e. The minimum atomic E-state index is -1.56. The van der Waals surface area contributed by atoms with Crippen molar-refractivity contribution >= 4 is 35.1 Å². The summed E-state index contributed by atoms with van der Waals surface area (Å²) in [6, 6.07) is 10.4. The Labute approximate surface area is 196 Å². The highest BCUT2D eigenvalue weighted by molar-refractivity contribution is 7.90. The second-order valence-corrected chi connectivity index (χ2v) is 52.7. The zero-order chi connectivity index (χ0) is 23.3. The van der Waals surface area contributed by atoms with Crippen LogP contribution in [0.4, 0.5) is 0 Å². The van der Waals surface area contributed by atoms with Crippen LogP contribution in [-0.4, -0.2) is 35.1 Å². The lowest BCUT2D eigenvalue weighted by molar-refractivity contribution is 0.130. The largest absolute Gasteiger partial charge is 0.391 e. The van der Waals surface area contributed by atoms with Crippen LogP contribution < -0.4 is 0 Å². The number of hydrogen-bond acceptors (Lipinski definition) is 2. The van der Waals surface area contributed by atoms with Gasteiger partial charge in [0.25, 0.3) is 0 Å². The van der Waals surface area contributed by atoms with Crippen molar-refractivity contribution in [2.24, 2.45) is 5.16 Å². The molecule has 0 bridgehead atoms. The number of nitrogens with zero attached hydrogens (tertiary/aromatic N) is 1. The third kappa shape index (κ3) is 6.42. The van der Waals surface area contributed by atoms with Gasteiger partial charge in [-0.3, -0.25) is 0 Å². The van der Waals surface area contributed by atoms with Gasteiger partial charge in [0, 0.05) is 22.8 Å². The highest BCUT2D eigenvalue weighted by Gasteiger charge is 2.60. The summed E-state index contributed by atoms with van der Waals surface area (Å²) >= 11 is 0. The Kier molecular flexibility index (Phi) is 8.98. The SMILES string of the molecule is C[Si](C)(C)[Si](/C=C1\CCC[CH]CC\C1=N/OCc1ccccc1)([Si](C)(C)C)[Si](C)(C)C. The molecule has 0 aliphatic heterocycles. The minimum absolute atomic E-state index is 0.556. The molecule has 31 heavy (non-hydrogen) atoms. The molecule has 1 aliphatic carbocycles. The molecule has 1 aliphatic rings. The summed E-state index contributed by atoms with van der Waals surface area (Å²) in [6.07, 6.45) is 8.23. The Morgan fingerprint density at radius 2 is 1.39 bits per heavy atom. The molecule has 0 amide bonds. The summed E-state index contributed by atoms with van der Waals surface area (Å²) in [7, 11) is -4.06. The summed E-state index contributed by atoms with van der Waals surface area (Å²) in [6.45, 7) is 23.0. The van der Waals surface area contributed by atoms with E-state index in [1.165, 1.54) is 24.1 Å². The summed E-state index contributed by atoms with van der Waals surface area (Å²) in [5, 5.41) is 4.79. The first-order chi connectivity index (χ1) is 14.3. The van der Waals surface area contributed by atoms with Crippen molar-refractivity contribution in [2.75, 3.05) is 0 Å². The van der Waals surface area contributed by atoms with E-state index in [9.17, 15) is 0 Å². The van der Waals surface area contributed by atoms with E-state index in [1.54, 1.807) is 5.57 Å². The van der Waals surface area contributed by atoms with E-state index >= 15 is 0 Å². The summed E-state index contributed by atoms with van der Waals surface area (Å²) < 4.78 is 0. The van der Waals surface area contributed by atoms with E-state index in [4.69, 9.17) is 9.99 Å². The van der Waals surface area contributed by atoms with Gasteiger partial charge in [0.05, 0.1) is 12.3 Å². The van der Waals surface area contributed by atoms with Gasteiger partial charge in [-0.1, -0.05) is 100 Å². The number of allylic oxidation sites excluding steroid dienone is 1. The van der Waals surface area contributed by atoms with E-state index in [0.717, 1.165) is 19.3 Å². The van der Waals surface area contributed by atoms with Gasteiger partial charge < -0.3 is 4.84 Å². The molecule has 0 spiro atoms. The maximum absolute atomic E-state index is 5.94. The predicted octanol–water partition coefficient (Wildman–Crippen LogP) is 7.89. The highest BCUT2D eigenvalue weighted by Crippen LogP contribution is 2.39. The Morgan fingerprint density at radius 3 is 1.94 bits per heavy atom. The molecule has 6 heteroatoms. The molecule has 1 aromatic carbocycles. The van der Waals surface area contributed by atoms with Crippen molar-refractivity contribution in [3.8, 4) is 0 Å². The van der Waals surface area contributed by atoms with Gasteiger partial charge in [-0.15, -0.1) is 0 Å². The fourth-order valence-corrected chi connectivity index (χ4v) is 102. The molecule has 0 unspecified atom stereocenters. The first-order valence-corrected chi connectivity index (χ1v) is 27.6. The molecule has 1 fully saturated rings. The van der Waals surface area contributed by atoms with Crippen LogP contribution in [-0.2, 0) is 11.4 Å². The van der Waals surface area contributed by atoms with Crippen molar-refractivity contribution < 1.29 is 4.84 Å². The number of oxime groups is 1. The quantitative estimate of drug-likeness (QED) is 0.282. The van der Waals surface area contributed by atoms with Crippen molar-refractivity contribution in [2.45, 2.75) is 97.6 Å². The normalized spacial score (nSPS) is 19.9. The van der Waals surface area contributed by atoms with Crippen molar-refractivity contribution in [1.82, 2.24) is 0 Å². The monoisotopic (exact) mass is 488 g/mol. The van der Waals surface area contributed by atoms with Gasteiger partial charge in [0.15, 0.2) is 0 Å². The van der Waals surface area contributed by atoms with Crippen LogP contribution in [0, 0.1) is 6.42 Å². The fourth-order valence-electron chi connectivity index (χ4n) is 6.43. The van der Waals surface area contributed by atoms with E-state index in [2.05, 4.69) is 95.3 Å². The second-order valence-electron chi connectivity index (χ2n) is 12.2. The Bertz CT molecular complexity index is 731. The van der Waals surface area contributed by atoms with Crippen molar-refractivity contribution in [3.05, 3.63) is 53.6 Å². The van der Waals surface area contributed by atoms with Crippen LogP contribution in [0.25, 0.3) is 0 Å². The van der Waals surface area contributed by atoms with Crippen LogP contribution in [0.3, 0.4) is 0 Å². The molecule has 0 atom stereocenters. The zero-order valence-corrected chi connectivity index (χ0v) is 25.6. The molecule has 1 radical (unpaired) electrons. The zero-order valence-electron chi connectivity index (χ0n) is 21.6. The summed E-state index contributed by atoms with van der Waals surface area (Å²) in [5.74, 6) is 0.